The highest BCUT2D eigenvalue weighted by molar-refractivity contribution is 7.16. The van der Waals surface area contributed by atoms with Crippen molar-refractivity contribution in [2.45, 2.75) is 33.0 Å². The Bertz CT molecular complexity index is 216. The molecular formula is C11H22ClO4P. The van der Waals surface area contributed by atoms with E-state index in [-0.39, 0.29) is 31.3 Å². The number of halogens is 1. The van der Waals surface area contributed by atoms with E-state index >= 15 is 0 Å². The molecule has 17 heavy (non-hydrogen) atoms. The molecular weight excluding hydrogens is 263 g/mol. The van der Waals surface area contributed by atoms with Crippen molar-refractivity contribution >= 4 is 27.0 Å². The summed E-state index contributed by atoms with van der Waals surface area (Å²) < 4.78 is 15.3. The molecule has 0 aromatic rings. The fourth-order valence-corrected chi connectivity index (χ4v) is 1.17. The number of hydrogen-bond acceptors (Lipinski definition) is 4. The Hall–Kier alpha value is -0.0500. The molecule has 102 valence electrons. The SMILES string of the molecule is CC(CCl)COC(=O)OCC(C)OC(C)CP. The Morgan fingerprint density at radius 3 is 2.29 bits per heavy atom. The molecule has 0 radical (unpaired) electrons. The molecule has 0 aliphatic heterocycles. The van der Waals surface area contributed by atoms with Crippen LogP contribution in [0, 0.1) is 5.92 Å². The van der Waals surface area contributed by atoms with E-state index in [1.165, 1.54) is 0 Å². The molecule has 0 bridgehead atoms. The average Bonchev–Trinajstić information content (AvgIpc) is 2.32. The molecule has 0 amide bonds. The summed E-state index contributed by atoms with van der Waals surface area (Å²) in [4.78, 5) is 11.2. The normalized spacial score (nSPS) is 16.1. The second-order valence-electron chi connectivity index (χ2n) is 4.12. The Balaban J connectivity index is 3.62. The van der Waals surface area contributed by atoms with Gasteiger partial charge < -0.3 is 14.2 Å². The van der Waals surface area contributed by atoms with Crippen molar-refractivity contribution < 1.29 is 19.0 Å². The third kappa shape index (κ3) is 9.63. The topological polar surface area (TPSA) is 44.8 Å². The molecule has 0 N–H and O–H groups in total. The minimum Gasteiger partial charge on any atom is -0.434 e. The molecule has 4 atom stereocenters. The van der Waals surface area contributed by atoms with Crippen LogP contribution in [0.15, 0.2) is 0 Å². The number of alkyl halides is 1. The van der Waals surface area contributed by atoms with Gasteiger partial charge in [-0.25, -0.2) is 4.79 Å². The van der Waals surface area contributed by atoms with Crippen molar-refractivity contribution in [1.29, 1.82) is 0 Å². The maximum absolute atomic E-state index is 11.2. The monoisotopic (exact) mass is 284 g/mol. The Morgan fingerprint density at radius 2 is 1.76 bits per heavy atom. The van der Waals surface area contributed by atoms with E-state index in [1.54, 1.807) is 0 Å². The van der Waals surface area contributed by atoms with Crippen molar-refractivity contribution in [3.63, 3.8) is 0 Å². The van der Waals surface area contributed by atoms with E-state index in [1.807, 2.05) is 20.8 Å². The molecule has 0 aliphatic rings. The summed E-state index contributed by atoms with van der Waals surface area (Å²) in [5.74, 6) is 0.591. The van der Waals surface area contributed by atoms with Gasteiger partial charge >= 0.3 is 6.16 Å². The molecule has 0 aromatic heterocycles. The second-order valence-corrected chi connectivity index (χ2v) is 4.90. The van der Waals surface area contributed by atoms with Crippen LogP contribution in [0.4, 0.5) is 4.79 Å². The summed E-state index contributed by atoms with van der Waals surface area (Å²) in [6.07, 6.45) is 0.174. The molecule has 0 rings (SSSR count). The second kappa shape index (κ2) is 9.93. The summed E-state index contributed by atoms with van der Waals surface area (Å²) in [6, 6.07) is 0. The number of carbonyl (C=O) groups excluding carboxylic acids is 1. The lowest BCUT2D eigenvalue weighted by atomic mass is 10.2. The molecule has 0 saturated heterocycles. The fraction of sp³-hybridized carbons (Fsp3) is 0.909. The van der Waals surface area contributed by atoms with Crippen LogP contribution in [0.1, 0.15) is 20.8 Å². The third-order valence-electron chi connectivity index (χ3n) is 1.98. The largest absolute Gasteiger partial charge is 0.508 e. The van der Waals surface area contributed by atoms with Gasteiger partial charge in [0.05, 0.1) is 18.8 Å². The van der Waals surface area contributed by atoms with Crippen LogP contribution in [-0.2, 0) is 14.2 Å². The maximum atomic E-state index is 11.2. The van der Waals surface area contributed by atoms with Gasteiger partial charge in [0, 0.05) is 11.8 Å². The number of rotatable bonds is 8. The van der Waals surface area contributed by atoms with Crippen molar-refractivity contribution in [1.82, 2.24) is 0 Å². The minimum absolute atomic E-state index is 0.130. The van der Waals surface area contributed by atoms with E-state index in [0.29, 0.717) is 5.88 Å². The zero-order chi connectivity index (χ0) is 13.3. The highest BCUT2D eigenvalue weighted by Crippen LogP contribution is 2.03. The molecule has 0 spiro atoms. The third-order valence-corrected chi connectivity index (χ3v) is 3.17. The molecule has 0 heterocycles. The standard InChI is InChI=1S/C11H22ClO4P/c1-8(4-12)5-14-11(13)15-6-9(2)16-10(3)7-17/h8-10H,4-7,17H2,1-3H3. The molecule has 0 saturated carbocycles. The molecule has 0 aliphatic carbocycles. The Morgan fingerprint density at radius 1 is 1.18 bits per heavy atom. The lowest BCUT2D eigenvalue weighted by Gasteiger charge is -2.17. The van der Waals surface area contributed by atoms with Gasteiger partial charge in [0.15, 0.2) is 0 Å². The summed E-state index contributed by atoms with van der Waals surface area (Å²) in [7, 11) is 2.60. The molecule has 4 unspecified atom stereocenters. The predicted octanol–water partition coefficient (Wildman–Crippen LogP) is 2.68. The van der Waals surface area contributed by atoms with Gasteiger partial charge in [-0.1, -0.05) is 6.92 Å². The zero-order valence-corrected chi connectivity index (χ0v) is 12.6. The van der Waals surface area contributed by atoms with Crippen LogP contribution in [0.5, 0.6) is 0 Å². The van der Waals surface area contributed by atoms with Crippen LogP contribution in [0.3, 0.4) is 0 Å². The first-order chi connectivity index (χ1) is 7.99. The first kappa shape index (κ1) is 16.9. The van der Waals surface area contributed by atoms with Gasteiger partial charge in [-0.2, -0.15) is 0 Å². The molecule has 6 heteroatoms. The maximum Gasteiger partial charge on any atom is 0.508 e. The summed E-state index contributed by atoms with van der Waals surface area (Å²) in [5.41, 5.74) is 0. The van der Waals surface area contributed by atoms with E-state index < -0.39 is 6.16 Å². The highest BCUT2D eigenvalue weighted by atomic mass is 35.5. The summed E-state index contributed by atoms with van der Waals surface area (Å²) in [6.45, 7) is 6.19. The van der Waals surface area contributed by atoms with Crippen LogP contribution in [0.25, 0.3) is 0 Å². The Kier molecular flexibility index (Phi) is 9.90. The van der Waals surface area contributed by atoms with Gasteiger partial charge in [0.1, 0.15) is 6.61 Å². The number of carbonyl (C=O) groups is 1. The van der Waals surface area contributed by atoms with E-state index in [4.69, 9.17) is 25.8 Å². The van der Waals surface area contributed by atoms with E-state index in [9.17, 15) is 4.79 Å². The van der Waals surface area contributed by atoms with Crippen molar-refractivity contribution in [2.24, 2.45) is 5.92 Å². The van der Waals surface area contributed by atoms with Crippen molar-refractivity contribution in [3.05, 3.63) is 0 Å². The van der Waals surface area contributed by atoms with Gasteiger partial charge in [-0.3, -0.25) is 0 Å². The van der Waals surface area contributed by atoms with Crippen molar-refractivity contribution in [2.75, 3.05) is 25.3 Å². The lowest BCUT2D eigenvalue weighted by Crippen LogP contribution is -2.25. The van der Waals surface area contributed by atoms with Gasteiger partial charge in [-0.15, -0.1) is 20.8 Å². The fourth-order valence-electron chi connectivity index (χ4n) is 0.973. The smallest absolute Gasteiger partial charge is 0.434 e. The van der Waals surface area contributed by atoms with Gasteiger partial charge in [-0.05, 0) is 20.0 Å². The van der Waals surface area contributed by atoms with Crippen LogP contribution in [-0.4, -0.2) is 43.6 Å². The van der Waals surface area contributed by atoms with Gasteiger partial charge in [0.25, 0.3) is 0 Å². The predicted molar refractivity (Wildman–Crippen MR) is 71.8 cm³/mol. The van der Waals surface area contributed by atoms with Gasteiger partial charge in [0.2, 0.25) is 0 Å². The zero-order valence-electron chi connectivity index (χ0n) is 10.6. The van der Waals surface area contributed by atoms with Crippen molar-refractivity contribution in [3.8, 4) is 0 Å². The van der Waals surface area contributed by atoms with E-state index in [0.717, 1.165) is 6.16 Å². The molecule has 4 nitrogen and oxygen atoms in total. The quantitative estimate of drug-likeness (QED) is 0.390. The minimum atomic E-state index is -0.670. The summed E-state index contributed by atoms with van der Waals surface area (Å²) >= 11 is 5.58. The first-order valence-electron chi connectivity index (χ1n) is 5.70. The van der Waals surface area contributed by atoms with Crippen LogP contribution < -0.4 is 0 Å². The lowest BCUT2D eigenvalue weighted by molar-refractivity contribution is -0.0323. The highest BCUT2D eigenvalue weighted by Gasteiger charge is 2.12. The van der Waals surface area contributed by atoms with Crippen LogP contribution in [0.2, 0.25) is 0 Å². The average molecular weight is 285 g/mol. The van der Waals surface area contributed by atoms with Crippen LogP contribution >= 0.6 is 20.8 Å². The molecule has 0 aromatic carbocycles. The first-order valence-corrected chi connectivity index (χ1v) is 7.05. The number of hydrogen-bond donors (Lipinski definition) is 0. The van der Waals surface area contributed by atoms with E-state index in [2.05, 4.69) is 9.24 Å². The summed E-state index contributed by atoms with van der Waals surface area (Å²) in [5, 5.41) is 0. The number of ether oxygens (including phenoxy) is 3. The Labute approximate surface area is 111 Å². The molecule has 0 fully saturated rings.